The molecule has 0 saturated heterocycles. The zero-order valence-electron chi connectivity index (χ0n) is 11.1. The molecular formula is C16H16N2O2. The molecule has 2 heterocycles. The summed E-state index contributed by atoms with van der Waals surface area (Å²) in [7, 11) is 0. The largest absolute Gasteiger partial charge is 0.504 e. The third kappa shape index (κ3) is 3.62. The molecule has 0 unspecified atom stereocenters. The molecule has 0 radical (unpaired) electrons. The summed E-state index contributed by atoms with van der Waals surface area (Å²) in [6.45, 7) is 1.96. The van der Waals surface area contributed by atoms with Crippen LogP contribution in [0.25, 0.3) is 11.3 Å². The van der Waals surface area contributed by atoms with E-state index in [2.05, 4.69) is 9.97 Å². The van der Waals surface area contributed by atoms with Crippen molar-refractivity contribution in [2.75, 3.05) is 0 Å². The Bertz CT molecular complexity index is 637. The lowest BCUT2D eigenvalue weighted by atomic mass is 10.1. The molecular weight excluding hydrogens is 252 g/mol. The number of hydrogen-bond donors (Lipinski definition) is 3. The third-order valence-corrected chi connectivity index (χ3v) is 2.68. The second kappa shape index (κ2) is 6.43. The summed E-state index contributed by atoms with van der Waals surface area (Å²) in [6, 6.07) is 14.4. The van der Waals surface area contributed by atoms with Gasteiger partial charge in [-0.2, -0.15) is 0 Å². The predicted octanol–water partition coefficient (Wildman–Crippen LogP) is 3.48. The maximum atomic E-state index is 9.30. The van der Waals surface area contributed by atoms with Crippen LogP contribution in [-0.4, -0.2) is 20.2 Å². The topological polar surface area (TPSA) is 69.1 Å². The first kappa shape index (κ1) is 13.7. The van der Waals surface area contributed by atoms with Crippen molar-refractivity contribution in [3.8, 4) is 22.8 Å². The predicted molar refractivity (Wildman–Crippen MR) is 78.5 cm³/mol. The molecule has 0 fully saturated rings. The van der Waals surface area contributed by atoms with Crippen molar-refractivity contribution in [1.29, 1.82) is 0 Å². The Labute approximate surface area is 117 Å². The van der Waals surface area contributed by atoms with Crippen molar-refractivity contribution in [2.24, 2.45) is 0 Å². The van der Waals surface area contributed by atoms with Gasteiger partial charge in [0.1, 0.15) is 0 Å². The number of benzene rings is 1. The van der Waals surface area contributed by atoms with Gasteiger partial charge in [-0.05, 0) is 49.4 Å². The number of nitrogens with one attached hydrogen (secondary N) is 1. The van der Waals surface area contributed by atoms with Crippen LogP contribution in [0.1, 0.15) is 5.69 Å². The fourth-order valence-electron chi connectivity index (χ4n) is 1.68. The lowest BCUT2D eigenvalue weighted by molar-refractivity contribution is 0.404. The van der Waals surface area contributed by atoms with E-state index in [1.807, 2.05) is 37.3 Å². The van der Waals surface area contributed by atoms with E-state index in [4.69, 9.17) is 5.11 Å². The highest BCUT2D eigenvalue weighted by atomic mass is 16.3. The first-order valence-electron chi connectivity index (χ1n) is 6.20. The summed E-state index contributed by atoms with van der Waals surface area (Å²) < 4.78 is 0. The number of nitrogens with zero attached hydrogens (tertiary/aromatic N) is 1. The number of aromatic hydroxyl groups is 2. The summed E-state index contributed by atoms with van der Waals surface area (Å²) in [4.78, 5) is 6.93. The molecule has 1 aromatic carbocycles. The standard InChI is InChI=1S/C11H11NO2.C5H5N/c1-7-2-4-9(12-7)8-3-5-10(13)11(14)6-8;1-2-4-6-5-3-1/h2-6,12-14H,1H3;1-5H. The zero-order valence-corrected chi connectivity index (χ0v) is 11.1. The molecule has 3 N–H and O–H groups in total. The summed E-state index contributed by atoms with van der Waals surface area (Å²) in [6.07, 6.45) is 3.50. The fourth-order valence-corrected chi connectivity index (χ4v) is 1.68. The molecule has 2 aromatic heterocycles. The number of aryl methyl sites for hydroxylation is 1. The molecule has 0 aliphatic rings. The minimum Gasteiger partial charge on any atom is -0.504 e. The lowest BCUT2D eigenvalue weighted by Crippen LogP contribution is -1.78. The molecule has 0 aliphatic heterocycles. The van der Waals surface area contributed by atoms with Crippen molar-refractivity contribution in [2.45, 2.75) is 6.92 Å². The quantitative estimate of drug-likeness (QED) is 0.592. The molecule has 0 spiro atoms. The van der Waals surface area contributed by atoms with Gasteiger partial charge >= 0.3 is 0 Å². The van der Waals surface area contributed by atoms with Crippen LogP contribution >= 0.6 is 0 Å². The summed E-state index contributed by atoms with van der Waals surface area (Å²) >= 11 is 0. The Morgan fingerprint density at radius 2 is 1.65 bits per heavy atom. The van der Waals surface area contributed by atoms with Crippen molar-refractivity contribution >= 4 is 0 Å². The monoisotopic (exact) mass is 268 g/mol. The van der Waals surface area contributed by atoms with Gasteiger partial charge in [-0.1, -0.05) is 6.07 Å². The van der Waals surface area contributed by atoms with Crippen LogP contribution in [0.2, 0.25) is 0 Å². The second-order valence-corrected chi connectivity index (χ2v) is 4.28. The van der Waals surface area contributed by atoms with Crippen LogP contribution in [0.3, 0.4) is 0 Å². The maximum Gasteiger partial charge on any atom is 0.158 e. The molecule has 20 heavy (non-hydrogen) atoms. The number of H-pyrrole nitrogens is 1. The molecule has 4 heteroatoms. The molecule has 4 nitrogen and oxygen atoms in total. The van der Waals surface area contributed by atoms with Gasteiger partial charge in [0, 0.05) is 29.3 Å². The van der Waals surface area contributed by atoms with Crippen LogP contribution in [0.15, 0.2) is 60.9 Å². The maximum absolute atomic E-state index is 9.30. The van der Waals surface area contributed by atoms with Crippen LogP contribution < -0.4 is 0 Å². The van der Waals surface area contributed by atoms with Crippen molar-refractivity contribution in [3.05, 3.63) is 66.6 Å². The van der Waals surface area contributed by atoms with Gasteiger partial charge in [0.15, 0.2) is 11.5 Å². The molecule has 102 valence electrons. The van der Waals surface area contributed by atoms with Crippen LogP contribution in [0.5, 0.6) is 11.5 Å². The molecule has 0 aliphatic carbocycles. The second-order valence-electron chi connectivity index (χ2n) is 4.28. The Morgan fingerprint density at radius 1 is 0.900 bits per heavy atom. The summed E-state index contributed by atoms with van der Waals surface area (Å²) in [5.74, 6) is -0.202. The van der Waals surface area contributed by atoms with Crippen LogP contribution in [0, 0.1) is 6.92 Å². The average molecular weight is 268 g/mol. The smallest absolute Gasteiger partial charge is 0.158 e. The van der Waals surface area contributed by atoms with E-state index < -0.39 is 0 Å². The summed E-state index contributed by atoms with van der Waals surface area (Å²) in [5.41, 5.74) is 2.85. The van der Waals surface area contributed by atoms with E-state index in [0.29, 0.717) is 0 Å². The summed E-state index contributed by atoms with van der Waals surface area (Å²) in [5, 5.41) is 18.4. The van der Waals surface area contributed by atoms with Gasteiger partial charge in [-0.15, -0.1) is 0 Å². The molecule has 3 rings (SSSR count). The van der Waals surface area contributed by atoms with Crippen molar-refractivity contribution in [3.63, 3.8) is 0 Å². The van der Waals surface area contributed by atoms with Crippen molar-refractivity contribution < 1.29 is 10.2 Å². The number of rotatable bonds is 1. The average Bonchev–Trinajstić information content (AvgIpc) is 2.91. The first-order chi connectivity index (χ1) is 9.66. The lowest BCUT2D eigenvalue weighted by Gasteiger charge is -2.01. The normalized spacial score (nSPS) is 9.65. The van der Waals surface area contributed by atoms with Gasteiger partial charge in [-0.25, -0.2) is 0 Å². The van der Waals surface area contributed by atoms with E-state index in [1.54, 1.807) is 18.5 Å². The molecule has 0 atom stereocenters. The van der Waals surface area contributed by atoms with Crippen LogP contribution in [0.4, 0.5) is 0 Å². The molecule has 0 bridgehead atoms. The Balaban J connectivity index is 0.000000205. The minimum atomic E-state index is -0.102. The van der Waals surface area contributed by atoms with E-state index in [1.165, 1.54) is 12.1 Å². The number of phenols is 2. The highest BCUT2D eigenvalue weighted by Gasteiger charge is 2.03. The SMILES string of the molecule is Cc1ccc(-c2ccc(O)c(O)c2)[nH]1.c1ccncc1. The fraction of sp³-hybridized carbons (Fsp3) is 0.0625. The van der Waals surface area contributed by atoms with E-state index in [9.17, 15) is 5.11 Å². The van der Waals surface area contributed by atoms with Gasteiger partial charge in [-0.3, -0.25) is 4.98 Å². The first-order valence-corrected chi connectivity index (χ1v) is 6.20. The highest BCUT2D eigenvalue weighted by molar-refractivity contribution is 5.64. The number of aromatic nitrogens is 2. The number of hydrogen-bond acceptors (Lipinski definition) is 3. The molecule has 0 saturated carbocycles. The Hall–Kier alpha value is -2.75. The number of aromatic amines is 1. The number of phenolic OH excluding ortho intramolecular Hbond substituents is 2. The van der Waals surface area contributed by atoms with Gasteiger partial charge in [0.25, 0.3) is 0 Å². The Morgan fingerprint density at radius 3 is 2.10 bits per heavy atom. The Kier molecular flexibility index (Phi) is 4.39. The van der Waals surface area contributed by atoms with Crippen molar-refractivity contribution in [1.82, 2.24) is 9.97 Å². The minimum absolute atomic E-state index is 0.1000. The van der Waals surface area contributed by atoms with E-state index in [-0.39, 0.29) is 11.5 Å². The van der Waals surface area contributed by atoms with Gasteiger partial charge in [0.2, 0.25) is 0 Å². The van der Waals surface area contributed by atoms with E-state index in [0.717, 1.165) is 17.0 Å². The van der Waals surface area contributed by atoms with Gasteiger partial charge < -0.3 is 15.2 Å². The zero-order chi connectivity index (χ0) is 14.4. The highest BCUT2D eigenvalue weighted by Crippen LogP contribution is 2.29. The van der Waals surface area contributed by atoms with Crippen LogP contribution in [-0.2, 0) is 0 Å². The molecule has 3 aromatic rings. The third-order valence-electron chi connectivity index (χ3n) is 2.68. The van der Waals surface area contributed by atoms with Gasteiger partial charge in [0.05, 0.1) is 0 Å². The van der Waals surface area contributed by atoms with E-state index >= 15 is 0 Å². The molecule has 0 amide bonds. The number of pyridine rings is 1.